The molecule has 59 heavy (non-hydrogen) atoms. The van der Waals surface area contributed by atoms with Gasteiger partial charge in [0.15, 0.2) is 0 Å². The van der Waals surface area contributed by atoms with Gasteiger partial charge in [-0.1, -0.05) is 147 Å². The maximum atomic E-state index is 5.55. The van der Waals surface area contributed by atoms with Crippen molar-refractivity contribution in [2.75, 3.05) is 0 Å². The Morgan fingerprint density at radius 2 is 0.966 bits per heavy atom. The molecule has 3 heterocycles. The van der Waals surface area contributed by atoms with Crippen LogP contribution in [-0.2, 0) is 5.41 Å². The normalized spacial score (nSPS) is 14.1. The monoisotopic (exact) mass is 867 g/mol. The second-order valence-electron chi connectivity index (χ2n) is 16.1. The molecule has 12 rings (SSSR count). The number of benzene rings is 8. The first-order valence-corrected chi connectivity index (χ1v) is 22.4. The first-order chi connectivity index (χ1) is 29.0. The summed E-state index contributed by atoms with van der Waals surface area (Å²) in [6, 6.07) is 71.3. The van der Waals surface area contributed by atoms with Crippen LogP contribution < -0.4 is 5.22 Å². The van der Waals surface area contributed by atoms with Gasteiger partial charge in [0.1, 0.15) is 3.72 Å². The largest absolute Gasteiger partial charge is 0.309 e. The smallest absolute Gasteiger partial charge is 0.105 e. The molecule has 1 aliphatic heterocycles. The molecule has 0 saturated carbocycles. The summed E-state index contributed by atoms with van der Waals surface area (Å²) in [7, 11) is 0. The molecule has 4 heteroatoms. The Bertz CT molecular complexity index is 3490. The fourth-order valence-electron chi connectivity index (χ4n) is 9.59. The lowest BCUT2D eigenvalue weighted by Gasteiger charge is -2.21. The van der Waals surface area contributed by atoms with Gasteiger partial charge in [0, 0.05) is 49.3 Å². The lowest BCUT2D eigenvalue weighted by molar-refractivity contribution is 0.661. The molecule has 1 aliphatic carbocycles. The zero-order valence-electron chi connectivity index (χ0n) is 32.7. The van der Waals surface area contributed by atoms with Gasteiger partial charge in [-0.25, -0.2) is 4.99 Å². The average Bonchev–Trinajstić information content (AvgIpc) is 3.88. The van der Waals surface area contributed by atoms with Crippen LogP contribution in [0, 0.1) is 3.28 Å². The molecule has 0 radical (unpaired) electrons. The quantitative estimate of drug-likeness (QED) is 0.154. The zero-order valence-corrected chi connectivity index (χ0v) is 34.9. The molecule has 0 saturated heterocycles. The van der Waals surface area contributed by atoms with Gasteiger partial charge in [0.25, 0.3) is 0 Å². The summed E-state index contributed by atoms with van der Waals surface area (Å²) in [4.78, 5) is 5.55. The highest BCUT2D eigenvalue weighted by molar-refractivity contribution is 14.2. The fourth-order valence-corrected chi connectivity index (χ4v) is 12.7. The number of aliphatic imine (C=N–C) groups is 1. The topological polar surface area (TPSA) is 22.2 Å². The average molecular weight is 868 g/mol. The van der Waals surface area contributed by atoms with Crippen molar-refractivity contribution in [2.24, 2.45) is 4.99 Å². The number of para-hydroxylation sites is 2. The molecule has 8 aromatic carbocycles. The van der Waals surface area contributed by atoms with Crippen LogP contribution in [-0.4, -0.2) is 12.9 Å². The van der Waals surface area contributed by atoms with Crippen LogP contribution in [0.3, 0.4) is 0 Å². The van der Waals surface area contributed by atoms with Crippen molar-refractivity contribution in [2.45, 2.75) is 19.3 Å². The molecule has 10 aromatic rings. The summed E-state index contributed by atoms with van der Waals surface area (Å²) in [6.45, 7) is 4.74. The summed E-state index contributed by atoms with van der Waals surface area (Å²) in [5.74, 6) is 0. The van der Waals surface area contributed by atoms with Gasteiger partial charge in [-0.15, -0.1) is 0 Å². The number of fused-ring (bicyclic) bond motifs is 9. The second kappa shape index (κ2) is 13.2. The Hall–Kier alpha value is -6.63. The number of hydrogen-bond donors (Lipinski definition) is 0. The number of rotatable bonds is 5. The predicted molar refractivity (Wildman–Crippen MR) is 255 cm³/mol. The lowest BCUT2D eigenvalue weighted by Crippen LogP contribution is -2.14. The summed E-state index contributed by atoms with van der Waals surface area (Å²) >= 11 is -0.633. The van der Waals surface area contributed by atoms with E-state index in [9.17, 15) is 0 Å². The fraction of sp³-hybridized carbons (Fsp3) is 0.0545. The molecular weight excluding hydrogens is 830 g/mol. The molecular formula is C55H38IN3. The maximum Gasteiger partial charge on any atom is 0.105 e. The van der Waals surface area contributed by atoms with Crippen LogP contribution in [0.2, 0.25) is 0 Å². The van der Waals surface area contributed by atoms with Gasteiger partial charge in [-0.3, -0.25) is 0 Å². The van der Waals surface area contributed by atoms with E-state index < -0.39 is 20.7 Å². The number of nitrogens with zero attached hydrogens (tertiary/aromatic N) is 3. The number of halogens is 1. The van der Waals surface area contributed by atoms with Crippen molar-refractivity contribution in [3.05, 3.63) is 225 Å². The highest BCUT2D eigenvalue weighted by Crippen LogP contribution is 2.51. The van der Waals surface area contributed by atoms with Gasteiger partial charge in [0.05, 0.1) is 25.5 Å². The first kappa shape index (κ1) is 34.4. The van der Waals surface area contributed by atoms with Gasteiger partial charge in [-0.05, 0) is 115 Å². The van der Waals surface area contributed by atoms with E-state index in [4.69, 9.17) is 4.99 Å². The van der Waals surface area contributed by atoms with E-state index in [0.717, 1.165) is 11.3 Å². The molecule has 0 bridgehead atoms. The second-order valence-corrected chi connectivity index (χ2v) is 18.7. The van der Waals surface area contributed by atoms with Crippen molar-refractivity contribution in [3.63, 3.8) is 0 Å². The van der Waals surface area contributed by atoms with E-state index in [2.05, 4.69) is 217 Å². The first-order valence-electron chi connectivity index (χ1n) is 20.3. The Kier molecular flexibility index (Phi) is 7.70. The minimum absolute atomic E-state index is 0.0856. The van der Waals surface area contributed by atoms with E-state index >= 15 is 0 Å². The molecule has 0 amide bonds. The van der Waals surface area contributed by atoms with Gasteiger partial charge >= 0.3 is 0 Å². The molecule has 0 spiro atoms. The van der Waals surface area contributed by atoms with E-state index in [-0.39, 0.29) is 5.41 Å². The van der Waals surface area contributed by atoms with E-state index in [0.29, 0.717) is 0 Å². The molecule has 0 atom stereocenters. The Morgan fingerprint density at radius 3 is 1.64 bits per heavy atom. The van der Waals surface area contributed by atoms with Crippen LogP contribution in [0.5, 0.6) is 0 Å². The number of aromatic nitrogens is 2. The van der Waals surface area contributed by atoms with Crippen LogP contribution in [0.25, 0.3) is 72.0 Å². The molecule has 2 aromatic heterocycles. The van der Waals surface area contributed by atoms with Gasteiger partial charge in [0.2, 0.25) is 0 Å². The standard InChI is InChI=1S/C55H38IN3/c1-55(2)46-26-16-15-25-41(46)42-33-44-43-31-37(27-29-48(43)58(50(44)34-47(42)55)39-21-11-5-12-22-39)38-28-30-49-45(32-38)51-52(35-17-7-3-8-18-35)57-53(36-19-9-4-10-20-36)56-54(51)59(49)40-23-13-6-14-24-40/h3-34H,1-2H3. The molecule has 0 unspecified atom stereocenters. The highest BCUT2D eigenvalue weighted by Gasteiger charge is 2.36. The Morgan fingerprint density at radius 1 is 0.424 bits per heavy atom. The van der Waals surface area contributed by atoms with E-state index in [1.165, 1.54) is 95.2 Å². The van der Waals surface area contributed by atoms with Crippen LogP contribution in [0.4, 0.5) is 0 Å². The summed E-state index contributed by atoms with van der Waals surface area (Å²) < 4.78 is 7.53. The molecule has 280 valence electrons. The third kappa shape index (κ3) is 5.25. The minimum atomic E-state index is -0.633. The zero-order chi connectivity index (χ0) is 39.2. The van der Waals surface area contributed by atoms with E-state index in [1.807, 2.05) is 0 Å². The van der Waals surface area contributed by atoms with Crippen LogP contribution in [0.1, 0.15) is 36.1 Å². The van der Waals surface area contributed by atoms with Crippen molar-refractivity contribution in [3.8, 4) is 33.6 Å². The summed E-state index contributed by atoms with van der Waals surface area (Å²) in [5.41, 5.74) is 17.2. The Balaban J connectivity index is 1.14. The molecule has 0 N–H and O–H groups in total. The van der Waals surface area contributed by atoms with Crippen molar-refractivity contribution >= 4 is 62.9 Å². The van der Waals surface area contributed by atoms with Crippen LogP contribution in [0.15, 0.2) is 199 Å². The minimum Gasteiger partial charge on any atom is -0.309 e. The molecule has 2 aliphatic rings. The summed E-state index contributed by atoms with van der Waals surface area (Å²) in [6.07, 6.45) is 0. The van der Waals surface area contributed by atoms with E-state index in [1.54, 1.807) is 0 Å². The highest BCUT2D eigenvalue weighted by atomic mass is 127. The maximum absolute atomic E-state index is 5.55. The predicted octanol–water partition coefficient (Wildman–Crippen LogP) is 13.5. The SMILES string of the molecule is CC1(C)c2ccccc2-c2cc3c4cc(-c5ccc6c(c5)c5c(n6-c6ccccc6)=IC(c6ccccc6)=NC=5c5ccccc5)ccc4n(-c4ccccc4)c3cc21. The summed E-state index contributed by atoms with van der Waals surface area (Å²) in [5, 5.41) is 5.02. The number of hydrogen-bond acceptors (Lipinski definition) is 1. The molecule has 0 fully saturated rings. The van der Waals surface area contributed by atoms with Gasteiger partial charge in [-0.2, -0.15) is 0 Å². The lowest BCUT2D eigenvalue weighted by atomic mass is 9.82. The van der Waals surface area contributed by atoms with Crippen molar-refractivity contribution < 1.29 is 0 Å². The van der Waals surface area contributed by atoms with Crippen molar-refractivity contribution in [1.82, 2.24) is 9.13 Å². The third-order valence-corrected chi connectivity index (χ3v) is 15.3. The third-order valence-electron chi connectivity index (χ3n) is 12.4. The molecule has 3 nitrogen and oxygen atoms in total. The van der Waals surface area contributed by atoms with Crippen molar-refractivity contribution in [1.29, 1.82) is 0 Å². The van der Waals surface area contributed by atoms with Gasteiger partial charge < -0.3 is 9.13 Å². The van der Waals surface area contributed by atoms with Crippen LogP contribution >= 0.6 is 20.7 Å². The Labute approximate surface area is 352 Å².